The van der Waals surface area contributed by atoms with E-state index in [0.717, 1.165) is 5.76 Å². The van der Waals surface area contributed by atoms with Gasteiger partial charge in [-0.2, -0.15) is 0 Å². The summed E-state index contributed by atoms with van der Waals surface area (Å²) in [6.45, 7) is 1.93. The predicted molar refractivity (Wildman–Crippen MR) is 78.8 cm³/mol. The molecule has 0 atom stereocenters. The number of anilines is 1. The molecule has 1 heterocycles. The maximum absolute atomic E-state index is 12.1. The lowest BCUT2D eigenvalue weighted by atomic mass is 10.2. The SMILES string of the molecule is CCc1ccc(C(=O)Nc2cc(C(=O)OC)ccc2Cl)o1. The lowest BCUT2D eigenvalue weighted by Gasteiger charge is -2.07. The molecule has 1 aromatic heterocycles. The van der Waals surface area contributed by atoms with Gasteiger partial charge in [-0.05, 0) is 30.3 Å². The van der Waals surface area contributed by atoms with E-state index < -0.39 is 11.9 Å². The fourth-order valence-electron chi connectivity index (χ4n) is 1.74. The van der Waals surface area contributed by atoms with Crippen LogP contribution in [0.4, 0.5) is 5.69 Å². The summed E-state index contributed by atoms with van der Waals surface area (Å²) in [4.78, 5) is 23.5. The number of ether oxygens (including phenoxy) is 1. The Morgan fingerprint density at radius 2 is 2.05 bits per heavy atom. The molecule has 0 fully saturated rings. The van der Waals surface area contributed by atoms with E-state index in [0.29, 0.717) is 22.7 Å². The Labute approximate surface area is 126 Å². The number of methoxy groups -OCH3 is 1. The van der Waals surface area contributed by atoms with E-state index in [9.17, 15) is 9.59 Å². The average Bonchev–Trinajstić information content (AvgIpc) is 2.97. The number of halogens is 1. The normalized spacial score (nSPS) is 10.2. The molecule has 0 aliphatic heterocycles. The highest BCUT2D eigenvalue weighted by atomic mass is 35.5. The summed E-state index contributed by atoms with van der Waals surface area (Å²) in [6, 6.07) is 7.82. The van der Waals surface area contributed by atoms with Gasteiger partial charge in [0.2, 0.25) is 0 Å². The summed E-state index contributed by atoms with van der Waals surface area (Å²) < 4.78 is 9.98. The average molecular weight is 308 g/mol. The van der Waals surface area contributed by atoms with E-state index >= 15 is 0 Å². The number of hydrogen-bond donors (Lipinski definition) is 1. The fraction of sp³-hybridized carbons (Fsp3) is 0.200. The zero-order chi connectivity index (χ0) is 15.4. The summed E-state index contributed by atoms with van der Waals surface area (Å²) in [5.74, 6) is -0.0343. The Hall–Kier alpha value is -2.27. The second-order valence-corrected chi connectivity index (χ2v) is 4.67. The molecule has 5 nitrogen and oxygen atoms in total. The van der Waals surface area contributed by atoms with Crippen molar-refractivity contribution in [1.29, 1.82) is 0 Å². The van der Waals surface area contributed by atoms with Gasteiger partial charge >= 0.3 is 5.97 Å². The molecule has 0 spiro atoms. The molecule has 0 aliphatic rings. The fourth-order valence-corrected chi connectivity index (χ4v) is 1.90. The summed E-state index contributed by atoms with van der Waals surface area (Å²) in [7, 11) is 1.28. The van der Waals surface area contributed by atoms with Crippen molar-refractivity contribution in [2.24, 2.45) is 0 Å². The Balaban J connectivity index is 2.22. The summed E-state index contributed by atoms with van der Waals surface area (Å²) in [5, 5.41) is 2.93. The third kappa shape index (κ3) is 3.44. The monoisotopic (exact) mass is 307 g/mol. The molecule has 0 radical (unpaired) electrons. The Kier molecular flexibility index (Phi) is 4.65. The molecule has 0 saturated carbocycles. The Bertz CT molecular complexity index is 678. The summed E-state index contributed by atoms with van der Waals surface area (Å²) >= 11 is 6.01. The van der Waals surface area contributed by atoms with Crippen molar-refractivity contribution in [1.82, 2.24) is 0 Å². The number of esters is 1. The standard InChI is InChI=1S/C15H14ClNO4/c1-3-10-5-7-13(21-10)14(18)17-12-8-9(15(19)20-2)4-6-11(12)16/h4-8H,3H2,1-2H3,(H,17,18). The maximum atomic E-state index is 12.1. The van der Waals surface area contributed by atoms with E-state index in [2.05, 4.69) is 10.1 Å². The minimum Gasteiger partial charge on any atom is -0.465 e. The lowest BCUT2D eigenvalue weighted by Crippen LogP contribution is -2.12. The van der Waals surface area contributed by atoms with Crippen LogP contribution in [0.25, 0.3) is 0 Å². The van der Waals surface area contributed by atoms with Gasteiger partial charge in [0.1, 0.15) is 5.76 Å². The first-order chi connectivity index (χ1) is 10.0. The van der Waals surface area contributed by atoms with Crippen molar-refractivity contribution in [3.63, 3.8) is 0 Å². The number of carbonyl (C=O) groups excluding carboxylic acids is 2. The first-order valence-electron chi connectivity index (χ1n) is 6.33. The molecule has 1 amide bonds. The molecule has 0 unspecified atom stereocenters. The van der Waals surface area contributed by atoms with Gasteiger partial charge in [0.15, 0.2) is 5.76 Å². The molecular weight excluding hydrogens is 294 g/mol. The van der Waals surface area contributed by atoms with Crippen LogP contribution in [0.5, 0.6) is 0 Å². The molecule has 0 aliphatic carbocycles. The van der Waals surface area contributed by atoms with Crippen molar-refractivity contribution in [3.05, 3.63) is 52.4 Å². The highest BCUT2D eigenvalue weighted by molar-refractivity contribution is 6.34. The van der Waals surface area contributed by atoms with Gasteiger partial charge in [-0.1, -0.05) is 18.5 Å². The van der Waals surface area contributed by atoms with Crippen LogP contribution in [0.1, 0.15) is 33.6 Å². The molecule has 1 N–H and O–H groups in total. The topological polar surface area (TPSA) is 68.5 Å². The minimum atomic E-state index is -0.506. The van der Waals surface area contributed by atoms with Gasteiger partial charge in [-0.3, -0.25) is 4.79 Å². The van der Waals surface area contributed by atoms with Crippen LogP contribution in [-0.2, 0) is 11.2 Å². The van der Waals surface area contributed by atoms with E-state index in [-0.39, 0.29) is 5.76 Å². The van der Waals surface area contributed by atoms with Gasteiger partial charge in [-0.15, -0.1) is 0 Å². The van der Waals surface area contributed by atoms with Gasteiger partial charge in [0.25, 0.3) is 5.91 Å². The van der Waals surface area contributed by atoms with Crippen molar-refractivity contribution >= 4 is 29.2 Å². The summed E-state index contributed by atoms with van der Waals surface area (Å²) in [6.07, 6.45) is 0.700. The third-order valence-corrected chi connectivity index (χ3v) is 3.20. The molecule has 0 bridgehead atoms. The maximum Gasteiger partial charge on any atom is 0.337 e. The molecule has 2 rings (SSSR count). The largest absolute Gasteiger partial charge is 0.465 e. The third-order valence-electron chi connectivity index (χ3n) is 2.87. The van der Waals surface area contributed by atoms with Crippen LogP contribution in [0.15, 0.2) is 34.7 Å². The van der Waals surface area contributed by atoms with E-state index in [1.807, 2.05) is 6.92 Å². The van der Waals surface area contributed by atoms with E-state index in [1.54, 1.807) is 12.1 Å². The van der Waals surface area contributed by atoms with Crippen molar-refractivity contribution in [2.75, 3.05) is 12.4 Å². The number of furan rings is 1. The van der Waals surface area contributed by atoms with Gasteiger partial charge in [0, 0.05) is 6.42 Å². The van der Waals surface area contributed by atoms with Crippen molar-refractivity contribution in [3.8, 4) is 0 Å². The van der Waals surface area contributed by atoms with Crippen LogP contribution in [0.3, 0.4) is 0 Å². The number of benzene rings is 1. The Morgan fingerprint density at radius 3 is 2.67 bits per heavy atom. The lowest BCUT2D eigenvalue weighted by molar-refractivity contribution is 0.0600. The highest BCUT2D eigenvalue weighted by Gasteiger charge is 2.14. The second kappa shape index (κ2) is 6.45. The number of amides is 1. The first-order valence-corrected chi connectivity index (χ1v) is 6.71. The number of carbonyl (C=O) groups is 2. The zero-order valence-electron chi connectivity index (χ0n) is 11.6. The predicted octanol–water partition coefficient (Wildman–Crippen LogP) is 3.53. The van der Waals surface area contributed by atoms with Gasteiger partial charge in [0.05, 0.1) is 23.4 Å². The first kappa shape index (κ1) is 15.1. The summed E-state index contributed by atoms with van der Waals surface area (Å²) in [5.41, 5.74) is 0.616. The molecule has 1 aromatic carbocycles. The molecule has 110 valence electrons. The van der Waals surface area contributed by atoms with Crippen LogP contribution < -0.4 is 5.32 Å². The number of aryl methyl sites for hydroxylation is 1. The smallest absolute Gasteiger partial charge is 0.337 e. The Morgan fingerprint density at radius 1 is 1.29 bits per heavy atom. The van der Waals surface area contributed by atoms with E-state index in [4.69, 9.17) is 16.0 Å². The number of rotatable bonds is 4. The molecular formula is C15H14ClNO4. The molecule has 2 aromatic rings. The van der Waals surface area contributed by atoms with Crippen molar-refractivity contribution in [2.45, 2.75) is 13.3 Å². The molecule has 6 heteroatoms. The quantitative estimate of drug-likeness (QED) is 0.877. The van der Waals surface area contributed by atoms with E-state index in [1.165, 1.54) is 25.3 Å². The molecule has 0 saturated heterocycles. The van der Waals surface area contributed by atoms with Crippen LogP contribution in [0, 0.1) is 0 Å². The van der Waals surface area contributed by atoms with Gasteiger partial charge < -0.3 is 14.5 Å². The highest BCUT2D eigenvalue weighted by Crippen LogP contribution is 2.24. The number of nitrogens with one attached hydrogen (secondary N) is 1. The second-order valence-electron chi connectivity index (χ2n) is 4.26. The van der Waals surface area contributed by atoms with Crippen LogP contribution in [0.2, 0.25) is 5.02 Å². The van der Waals surface area contributed by atoms with Crippen LogP contribution >= 0.6 is 11.6 Å². The van der Waals surface area contributed by atoms with Gasteiger partial charge in [-0.25, -0.2) is 4.79 Å². The molecule has 21 heavy (non-hydrogen) atoms. The minimum absolute atomic E-state index is 0.186. The van der Waals surface area contributed by atoms with Crippen molar-refractivity contribution < 1.29 is 18.7 Å². The number of hydrogen-bond acceptors (Lipinski definition) is 4. The van der Waals surface area contributed by atoms with Crippen LogP contribution in [-0.4, -0.2) is 19.0 Å². The zero-order valence-corrected chi connectivity index (χ0v) is 12.4.